The normalized spacial score (nSPS) is 16.3. The van der Waals surface area contributed by atoms with Crippen LogP contribution in [-0.4, -0.2) is 53.3 Å². The third-order valence-corrected chi connectivity index (χ3v) is 4.46. The minimum atomic E-state index is -0.118. The van der Waals surface area contributed by atoms with Crippen molar-refractivity contribution in [3.8, 4) is 0 Å². The summed E-state index contributed by atoms with van der Waals surface area (Å²) in [5.74, 6) is -0.142. The van der Waals surface area contributed by atoms with Gasteiger partial charge in [-0.25, -0.2) is 4.98 Å². The maximum Gasteiger partial charge on any atom is 0.254 e. The molecule has 0 atom stereocenters. The van der Waals surface area contributed by atoms with Gasteiger partial charge in [-0.15, -0.1) is 0 Å². The van der Waals surface area contributed by atoms with E-state index < -0.39 is 0 Å². The number of likely N-dealkylation sites (N-methyl/N-ethyl adjacent to an activating group) is 1. The van der Waals surface area contributed by atoms with Crippen molar-refractivity contribution in [2.24, 2.45) is 0 Å². The van der Waals surface area contributed by atoms with Gasteiger partial charge in [0.2, 0.25) is 5.91 Å². The van der Waals surface area contributed by atoms with Crippen LogP contribution in [0.4, 0.5) is 5.13 Å². The number of aromatic nitrogens is 1. The monoisotopic (exact) mass is 304 g/mol. The Morgan fingerprint density at radius 2 is 2.19 bits per heavy atom. The van der Waals surface area contributed by atoms with E-state index >= 15 is 0 Å². The quantitative estimate of drug-likeness (QED) is 0.858. The first kappa shape index (κ1) is 13.8. The smallest absolute Gasteiger partial charge is 0.254 e. The van der Waals surface area contributed by atoms with Crippen LogP contribution in [0.25, 0.3) is 10.2 Å². The average Bonchev–Trinajstić information content (AvgIpc) is 2.75. The third-order valence-electron chi connectivity index (χ3n) is 3.61. The van der Waals surface area contributed by atoms with Gasteiger partial charge in [0.25, 0.3) is 5.91 Å². The second-order valence-electron chi connectivity index (χ2n) is 5.13. The van der Waals surface area contributed by atoms with Gasteiger partial charge in [0.1, 0.15) is 6.54 Å². The number of nitrogen functional groups attached to an aromatic ring is 1. The number of hydrogen-bond acceptors (Lipinski definition) is 5. The molecule has 0 bridgehead atoms. The number of fused-ring (bicyclic) bond motifs is 1. The number of benzene rings is 1. The van der Waals surface area contributed by atoms with E-state index in [4.69, 9.17) is 5.73 Å². The van der Waals surface area contributed by atoms with E-state index in [9.17, 15) is 9.59 Å². The van der Waals surface area contributed by atoms with E-state index in [2.05, 4.69) is 4.98 Å². The number of nitrogens with two attached hydrogens (primary N) is 1. The highest BCUT2D eigenvalue weighted by Crippen LogP contribution is 2.25. The van der Waals surface area contributed by atoms with Gasteiger partial charge in [-0.1, -0.05) is 11.3 Å². The van der Waals surface area contributed by atoms with Crippen LogP contribution in [0.5, 0.6) is 0 Å². The molecule has 1 fully saturated rings. The molecule has 1 aliphatic heterocycles. The van der Waals surface area contributed by atoms with E-state index in [0.717, 1.165) is 16.6 Å². The molecule has 2 heterocycles. The topological polar surface area (TPSA) is 79.5 Å². The second-order valence-corrected chi connectivity index (χ2v) is 6.19. The molecule has 1 aromatic heterocycles. The van der Waals surface area contributed by atoms with E-state index in [1.165, 1.54) is 11.3 Å². The molecule has 3 rings (SSSR count). The van der Waals surface area contributed by atoms with Gasteiger partial charge in [0.05, 0.1) is 10.2 Å². The lowest BCUT2D eigenvalue weighted by atomic mass is 10.2. The van der Waals surface area contributed by atoms with Gasteiger partial charge in [0.15, 0.2) is 5.13 Å². The minimum absolute atomic E-state index is 0.0241. The van der Waals surface area contributed by atoms with E-state index in [-0.39, 0.29) is 18.4 Å². The molecule has 0 unspecified atom stereocenters. The summed E-state index contributed by atoms with van der Waals surface area (Å²) in [5.41, 5.74) is 7.04. The molecule has 110 valence electrons. The molecule has 1 aromatic carbocycles. The predicted octanol–water partition coefficient (Wildman–Crippen LogP) is 1.18. The first-order valence-corrected chi connectivity index (χ1v) is 7.55. The molecule has 1 saturated heterocycles. The van der Waals surface area contributed by atoms with Crippen LogP contribution < -0.4 is 5.73 Å². The van der Waals surface area contributed by atoms with E-state index in [1.807, 2.05) is 0 Å². The highest BCUT2D eigenvalue weighted by atomic mass is 32.1. The van der Waals surface area contributed by atoms with Gasteiger partial charge in [-0.05, 0) is 24.6 Å². The lowest BCUT2D eigenvalue weighted by Crippen LogP contribution is -2.38. The minimum Gasteiger partial charge on any atom is -0.375 e. The molecular weight excluding hydrogens is 288 g/mol. The summed E-state index contributed by atoms with van der Waals surface area (Å²) in [7, 11) is 1.77. The Morgan fingerprint density at radius 1 is 1.38 bits per heavy atom. The Hall–Kier alpha value is -2.15. The van der Waals surface area contributed by atoms with E-state index in [1.54, 1.807) is 35.0 Å². The number of hydrogen-bond donors (Lipinski definition) is 1. The summed E-state index contributed by atoms with van der Waals surface area (Å²) in [5, 5.41) is 0.487. The van der Waals surface area contributed by atoms with Crippen molar-refractivity contribution in [3.63, 3.8) is 0 Å². The molecule has 2 amide bonds. The van der Waals surface area contributed by atoms with Crippen LogP contribution in [0.3, 0.4) is 0 Å². The third kappa shape index (κ3) is 2.69. The van der Waals surface area contributed by atoms with Crippen LogP contribution in [0.1, 0.15) is 16.8 Å². The summed E-state index contributed by atoms with van der Waals surface area (Å²) in [4.78, 5) is 31.9. The molecule has 21 heavy (non-hydrogen) atoms. The zero-order chi connectivity index (χ0) is 15.0. The van der Waals surface area contributed by atoms with Crippen molar-refractivity contribution in [2.75, 3.05) is 32.4 Å². The molecule has 2 aromatic rings. The lowest BCUT2D eigenvalue weighted by molar-refractivity contribution is -0.129. The van der Waals surface area contributed by atoms with Crippen LogP contribution in [0, 0.1) is 0 Å². The summed E-state index contributed by atoms with van der Waals surface area (Å²) in [6.07, 6.45) is 0.795. The molecule has 6 nitrogen and oxygen atoms in total. The SMILES string of the molecule is CN1CCCN(C(=O)c2ccc3nc(N)sc3c2)CC1=O. The predicted molar refractivity (Wildman–Crippen MR) is 82.2 cm³/mol. The van der Waals surface area contributed by atoms with Crippen molar-refractivity contribution in [1.29, 1.82) is 0 Å². The van der Waals surface area contributed by atoms with Gasteiger partial charge >= 0.3 is 0 Å². The van der Waals surface area contributed by atoms with Gasteiger partial charge in [-0.3, -0.25) is 9.59 Å². The van der Waals surface area contributed by atoms with Gasteiger partial charge in [-0.2, -0.15) is 0 Å². The van der Waals surface area contributed by atoms with Gasteiger partial charge in [0, 0.05) is 25.7 Å². The molecule has 0 aliphatic carbocycles. The molecule has 0 radical (unpaired) electrons. The largest absolute Gasteiger partial charge is 0.375 e. The Bertz CT molecular complexity index is 712. The Balaban J connectivity index is 1.87. The summed E-state index contributed by atoms with van der Waals surface area (Å²) in [6.45, 7) is 1.42. The number of amides is 2. The summed E-state index contributed by atoms with van der Waals surface area (Å²) >= 11 is 1.36. The molecule has 0 spiro atoms. The summed E-state index contributed by atoms with van der Waals surface area (Å²) < 4.78 is 0.886. The van der Waals surface area contributed by atoms with E-state index in [0.29, 0.717) is 23.8 Å². The van der Waals surface area contributed by atoms with Crippen molar-refractivity contribution in [3.05, 3.63) is 23.8 Å². The highest BCUT2D eigenvalue weighted by Gasteiger charge is 2.24. The second kappa shape index (κ2) is 5.33. The van der Waals surface area contributed by atoms with Gasteiger partial charge < -0.3 is 15.5 Å². The van der Waals surface area contributed by atoms with Crippen LogP contribution in [0.15, 0.2) is 18.2 Å². The standard InChI is InChI=1S/C14H16N4O2S/c1-17-5-2-6-18(8-12(17)19)13(20)9-3-4-10-11(7-9)21-14(15)16-10/h3-4,7H,2,5-6,8H2,1H3,(H2,15,16). The number of thiazole rings is 1. The van der Waals surface area contributed by atoms with Crippen molar-refractivity contribution >= 4 is 38.5 Å². The fourth-order valence-corrected chi connectivity index (χ4v) is 3.19. The molecule has 2 N–H and O–H groups in total. The Kier molecular flexibility index (Phi) is 3.50. The zero-order valence-corrected chi connectivity index (χ0v) is 12.5. The van der Waals surface area contributed by atoms with Crippen LogP contribution >= 0.6 is 11.3 Å². The molecule has 1 aliphatic rings. The fraction of sp³-hybridized carbons (Fsp3) is 0.357. The van der Waals surface area contributed by atoms with Crippen molar-refractivity contribution in [1.82, 2.24) is 14.8 Å². The molecule has 7 heteroatoms. The molecular formula is C14H16N4O2S. The van der Waals surface area contributed by atoms with Crippen molar-refractivity contribution < 1.29 is 9.59 Å². The maximum atomic E-state index is 12.6. The summed E-state index contributed by atoms with van der Waals surface area (Å²) in [6, 6.07) is 5.33. The molecule has 0 saturated carbocycles. The first-order chi connectivity index (χ1) is 10.0. The number of nitrogens with zero attached hydrogens (tertiary/aromatic N) is 3. The lowest BCUT2D eigenvalue weighted by Gasteiger charge is -2.19. The Labute approximate surface area is 126 Å². The zero-order valence-electron chi connectivity index (χ0n) is 11.7. The maximum absolute atomic E-state index is 12.6. The number of carbonyl (C=O) groups is 2. The van der Waals surface area contributed by atoms with Crippen LogP contribution in [0.2, 0.25) is 0 Å². The van der Waals surface area contributed by atoms with Crippen molar-refractivity contribution in [2.45, 2.75) is 6.42 Å². The number of carbonyl (C=O) groups excluding carboxylic acids is 2. The van der Waals surface area contributed by atoms with Crippen LogP contribution in [-0.2, 0) is 4.79 Å². The fourth-order valence-electron chi connectivity index (χ4n) is 2.42. The number of anilines is 1. The highest BCUT2D eigenvalue weighted by molar-refractivity contribution is 7.22. The number of rotatable bonds is 1. The first-order valence-electron chi connectivity index (χ1n) is 6.74. The average molecular weight is 304 g/mol. The Morgan fingerprint density at radius 3 is 3.00 bits per heavy atom.